The van der Waals surface area contributed by atoms with E-state index in [-0.39, 0.29) is 17.4 Å². The minimum Gasteiger partial charge on any atom is -0.507 e. The van der Waals surface area contributed by atoms with E-state index in [1.165, 1.54) is 0 Å². The molecular formula is C27H21N5O3. The summed E-state index contributed by atoms with van der Waals surface area (Å²) in [5, 5.41) is 28.3. The number of benzene rings is 3. The molecule has 0 aliphatic carbocycles. The van der Waals surface area contributed by atoms with E-state index < -0.39 is 0 Å². The number of phenols is 2. The first-order valence-electron chi connectivity index (χ1n) is 10.9. The van der Waals surface area contributed by atoms with Gasteiger partial charge in [0.05, 0.1) is 16.8 Å². The van der Waals surface area contributed by atoms with Gasteiger partial charge < -0.3 is 15.5 Å². The van der Waals surface area contributed by atoms with E-state index in [4.69, 9.17) is 0 Å². The van der Waals surface area contributed by atoms with Crippen LogP contribution in [-0.2, 0) is 6.54 Å². The van der Waals surface area contributed by atoms with Gasteiger partial charge in [0.25, 0.3) is 5.91 Å². The molecule has 0 saturated heterocycles. The number of amides is 1. The SMILES string of the molecule is O=C(NCc1ccncc1)c1ccc(-n2nc(-c3ccccc3O)nc2-c2ccccc2O)cc1. The number of phenolic OH excluding ortho intramolecular Hbond substituents is 2. The fraction of sp³-hybridized carbons (Fsp3) is 0.0370. The molecule has 0 aliphatic rings. The standard InChI is InChI=1S/C27H21N5O3/c33-23-7-3-1-5-21(23)25-30-26(22-6-2-4-8-24(22)34)32(31-25)20-11-9-19(10-12-20)27(35)29-17-18-13-15-28-16-14-18/h1-16,33-34H,17H2,(H,29,35). The molecule has 8 heteroatoms. The predicted octanol–water partition coefficient (Wildman–Crippen LogP) is 4.34. The average molecular weight is 463 g/mol. The molecule has 0 spiro atoms. The van der Waals surface area contributed by atoms with Crippen molar-refractivity contribution in [3.05, 3.63) is 108 Å². The number of hydrogen-bond donors (Lipinski definition) is 3. The molecule has 5 aromatic rings. The van der Waals surface area contributed by atoms with E-state index >= 15 is 0 Å². The first kappa shape index (κ1) is 21.8. The van der Waals surface area contributed by atoms with Gasteiger partial charge in [0, 0.05) is 24.5 Å². The van der Waals surface area contributed by atoms with Crippen molar-refractivity contribution in [3.63, 3.8) is 0 Å². The minimum atomic E-state index is -0.206. The van der Waals surface area contributed by atoms with Crippen LogP contribution in [0, 0.1) is 0 Å². The van der Waals surface area contributed by atoms with E-state index in [0.29, 0.717) is 40.6 Å². The summed E-state index contributed by atoms with van der Waals surface area (Å²) in [6.07, 6.45) is 3.36. The Kier molecular flexibility index (Phi) is 5.92. The Morgan fingerprint density at radius 2 is 1.43 bits per heavy atom. The Labute approximate surface area is 201 Å². The highest BCUT2D eigenvalue weighted by molar-refractivity contribution is 5.94. The highest BCUT2D eigenvalue weighted by atomic mass is 16.3. The third-order valence-electron chi connectivity index (χ3n) is 5.47. The zero-order valence-corrected chi connectivity index (χ0v) is 18.5. The van der Waals surface area contributed by atoms with Crippen molar-refractivity contribution in [1.82, 2.24) is 25.1 Å². The molecule has 0 fully saturated rings. The van der Waals surface area contributed by atoms with Crippen LogP contribution >= 0.6 is 0 Å². The molecule has 2 heterocycles. The molecular weight excluding hydrogens is 442 g/mol. The number of aromatic nitrogens is 4. The van der Waals surface area contributed by atoms with Crippen molar-refractivity contribution < 1.29 is 15.0 Å². The molecule has 0 radical (unpaired) electrons. The molecule has 5 rings (SSSR count). The molecule has 2 aromatic heterocycles. The van der Waals surface area contributed by atoms with E-state index in [1.807, 2.05) is 12.1 Å². The van der Waals surface area contributed by atoms with E-state index in [1.54, 1.807) is 89.9 Å². The number of rotatable bonds is 6. The van der Waals surface area contributed by atoms with Crippen LogP contribution in [0.15, 0.2) is 97.3 Å². The fourth-order valence-electron chi connectivity index (χ4n) is 3.65. The second-order valence-corrected chi connectivity index (χ2v) is 7.79. The topological polar surface area (TPSA) is 113 Å². The highest BCUT2D eigenvalue weighted by Crippen LogP contribution is 2.33. The summed E-state index contributed by atoms with van der Waals surface area (Å²) in [5.74, 6) is 0.603. The summed E-state index contributed by atoms with van der Waals surface area (Å²) in [4.78, 5) is 21.2. The molecule has 0 unspecified atom stereocenters. The number of para-hydroxylation sites is 2. The molecule has 0 atom stereocenters. The third kappa shape index (κ3) is 4.58. The molecule has 3 aromatic carbocycles. The van der Waals surface area contributed by atoms with Gasteiger partial charge in [0.1, 0.15) is 11.5 Å². The summed E-state index contributed by atoms with van der Waals surface area (Å²) >= 11 is 0. The van der Waals surface area contributed by atoms with Gasteiger partial charge >= 0.3 is 0 Å². The van der Waals surface area contributed by atoms with Crippen LogP contribution in [0.4, 0.5) is 0 Å². The van der Waals surface area contributed by atoms with Gasteiger partial charge in [-0.05, 0) is 66.2 Å². The van der Waals surface area contributed by atoms with Gasteiger partial charge in [-0.15, -0.1) is 5.10 Å². The maximum Gasteiger partial charge on any atom is 0.251 e. The zero-order valence-electron chi connectivity index (χ0n) is 18.5. The van der Waals surface area contributed by atoms with Crippen molar-refractivity contribution in [2.45, 2.75) is 6.54 Å². The lowest BCUT2D eigenvalue weighted by Crippen LogP contribution is -2.22. The van der Waals surface area contributed by atoms with E-state index in [2.05, 4.69) is 20.4 Å². The second kappa shape index (κ2) is 9.48. The lowest BCUT2D eigenvalue weighted by Gasteiger charge is -2.09. The van der Waals surface area contributed by atoms with Crippen molar-refractivity contribution in [2.75, 3.05) is 0 Å². The summed E-state index contributed by atoms with van der Waals surface area (Å²) in [5.41, 5.74) is 3.04. The smallest absolute Gasteiger partial charge is 0.251 e. The number of pyridine rings is 1. The van der Waals surface area contributed by atoms with Crippen LogP contribution in [0.1, 0.15) is 15.9 Å². The Balaban J connectivity index is 1.48. The van der Waals surface area contributed by atoms with Gasteiger partial charge in [-0.3, -0.25) is 9.78 Å². The molecule has 3 N–H and O–H groups in total. The Morgan fingerprint density at radius 3 is 2.09 bits per heavy atom. The number of nitrogens with zero attached hydrogens (tertiary/aromatic N) is 4. The van der Waals surface area contributed by atoms with Crippen LogP contribution in [0.25, 0.3) is 28.5 Å². The number of carbonyl (C=O) groups is 1. The average Bonchev–Trinajstić information content (AvgIpc) is 3.33. The fourth-order valence-corrected chi connectivity index (χ4v) is 3.65. The van der Waals surface area contributed by atoms with Gasteiger partial charge in [-0.25, -0.2) is 9.67 Å². The van der Waals surface area contributed by atoms with Crippen molar-refractivity contribution >= 4 is 5.91 Å². The van der Waals surface area contributed by atoms with E-state index in [9.17, 15) is 15.0 Å². The van der Waals surface area contributed by atoms with Gasteiger partial charge in [-0.1, -0.05) is 24.3 Å². The zero-order chi connectivity index (χ0) is 24.2. The molecule has 1 amide bonds. The summed E-state index contributed by atoms with van der Waals surface area (Å²) in [7, 11) is 0. The molecule has 0 saturated carbocycles. The van der Waals surface area contributed by atoms with E-state index in [0.717, 1.165) is 5.56 Å². The first-order chi connectivity index (χ1) is 17.1. The van der Waals surface area contributed by atoms with Crippen LogP contribution < -0.4 is 5.32 Å². The maximum atomic E-state index is 12.6. The monoisotopic (exact) mass is 463 g/mol. The number of hydrogen-bond acceptors (Lipinski definition) is 6. The van der Waals surface area contributed by atoms with Gasteiger partial charge in [0.15, 0.2) is 11.6 Å². The number of carbonyl (C=O) groups excluding carboxylic acids is 1. The number of aromatic hydroxyl groups is 2. The maximum absolute atomic E-state index is 12.6. The quantitative estimate of drug-likeness (QED) is 0.345. The third-order valence-corrected chi connectivity index (χ3v) is 5.47. The molecule has 8 nitrogen and oxygen atoms in total. The van der Waals surface area contributed by atoms with Crippen LogP contribution in [0.3, 0.4) is 0 Å². The Morgan fingerprint density at radius 1 is 0.800 bits per heavy atom. The molecule has 172 valence electrons. The lowest BCUT2D eigenvalue weighted by atomic mass is 10.1. The lowest BCUT2D eigenvalue weighted by molar-refractivity contribution is 0.0951. The summed E-state index contributed by atoms with van der Waals surface area (Å²) < 4.78 is 1.58. The van der Waals surface area contributed by atoms with Crippen molar-refractivity contribution in [1.29, 1.82) is 0 Å². The Bertz CT molecular complexity index is 1480. The van der Waals surface area contributed by atoms with Crippen LogP contribution in [0.5, 0.6) is 11.5 Å². The minimum absolute atomic E-state index is 0.0506. The second-order valence-electron chi connectivity index (χ2n) is 7.79. The molecule has 35 heavy (non-hydrogen) atoms. The van der Waals surface area contributed by atoms with Gasteiger partial charge in [-0.2, -0.15) is 0 Å². The number of nitrogens with one attached hydrogen (secondary N) is 1. The molecule has 0 bridgehead atoms. The van der Waals surface area contributed by atoms with Gasteiger partial charge in [0.2, 0.25) is 0 Å². The highest BCUT2D eigenvalue weighted by Gasteiger charge is 2.19. The van der Waals surface area contributed by atoms with Crippen molar-refractivity contribution in [3.8, 4) is 40.0 Å². The van der Waals surface area contributed by atoms with Crippen molar-refractivity contribution in [2.24, 2.45) is 0 Å². The summed E-state index contributed by atoms with van der Waals surface area (Å²) in [6, 6.07) is 24.2. The normalized spacial score (nSPS) is 10.7. The first-order valence-corrected chi connectivity index (χ1v) is 10.9. The Hall–Kier alpha value is -4.98. The largest absolute Gasteiger partial charge is 0.507 e. The van der Waals surface area contributed by atoms with Crippen LogP contribution in [-0.4, -0.2) is 35.9 Å². The molecule has 0 aliphatic heterocycles. The van der Waals surface area contributed by atoms with Crippen LogP contribution in [0.2, 0.25) is 0 Å². The predicted molar refractivity (Wildman–Crippen MR) is 131 cm³/mol. The summed E-state index contributed by atoms with van der Waals surface area (Å²) in [6.45, 7) is 0.396.